The molecule has 4 amide bonds. The van der Waals surface area contributed by atoms with E-state index in [1.165, 1.54) is 24.0 Å². The number of carbonyl (C=O) groups is 6. The Labute approximate surface area is 381 Å². The molecule has 8 rings (SSSR count). The molecule has 0 radical (unpaired) electrons. The summed E-state index contributed by atoms with van der Waals surface area (Å²) in [4.78, 5) is 97.7. The molecule has 0 aliphatic carbocycles. The van der Waals surface area contributed by atoms with Crippen molar-refractivity contribution >= 4 is 35.6 Å². The first-order valence-corrected chi connectivity index (χ1v) is 21.9. The molecule has 16 nitrogen and oxygen atoms in total. The van der Waals surface area contributed by atoms with Gasteiger partial charge in [-0.1, -0.05) is 109 Å². The van der Waals surface area contributed by atoms with Gasteiger partial charge >= 0.3 is 12.2 Å². The third-order valence-corrected chi connectivity index (χ3v) is 12.2. The molecule has 4 atom stereocenters. The molecule has 2 aliphatic rings. The number of Topliss-reactive ketones (excluding diaryl/α,β-unsaturated/α-hetero) is 2. The van der Waals surface area contributed by atoms with E-state index in [2.05, 4.69) is 54.8 Å². The molecule has 2 aromatic heterocycles. The zero-order valence-corrected chi connectivity index (χ0v) is 36.6. The summed E-state index contributed by atoms with van der Waals surface area (Å²) in [6.07, 6.45) is 6.15. The summed E-state index contributed by atoms with van der Waals surface area (Å²) in [5, 5.41) is 5.02. The molecule has 2 fully saturated rings. The number of rotatable bonds is 15. The summed E-state index contributed by atoms with van der Waals surface area (Å²) < 4.78 is 9.46. The van der Waals surface area contributed by atoms with Gasteiger partial charge in [-0.05, 0) is 71.9 Å². The number of ether oxygens (including phenoxy) is 2. The summed E-state index contributed by atoms with van der Waals surface area (Å²) in [7, 11) is 2.40. The largest absolute Gasteiger partial charge is 0.453 e. The number of ketones is 2. The Kier molecular flexibility index (Phi) is 13.8. The fourth-order valence-corrected chi connectivity index (χ4v) is 8.66. The summed E-state index contributed by atoms with van der Waals surface area (Å²) >= 11 is 0. The van der Waals surface area contributed by atoms with Crippen molar-refractivity contribution in [2.24, 2.45) is 0 Å². The van der Waals surface area contributed by atoms with E-state index >= 15 is 0 Å². The standard InChI is InChI=1S/C50H50N8O8/c1-65-49(63)55-41(35-11-5-3-6-12-35)43(59)47(61)57-27-9-15-39(57)45-51-29-37(53-45)33-23-19-31(20-24-33)17-18-32-21-25-34(26-22-32)38-30-52-46(54-38)40-16-10-28-58(40)48(62)44(60)42(56-50(64)66-2)36-13-7-4-8-14-36/h3-8,11-14,19-26,29-30,39-42H,9-10,15-18,27-28H2,1-2H3,(H,51,53)(H,52,54)(H,55,63)(H,56,64)/t39-,40-,41-,42-/m0/s1. The van der Waals surface area contributed by atoms with E-state index < -0.39 is 59.7 Å². The number of imidazole rings is 2. The van der Waals surface area contributed by atoms with Gasteiger partial charge in [0.2, 0.25) is 11.6 Å². The average molecular weight is 891 g/mol. The minimum Gasteiger partial charge on any atom is -0.453 e. The molecule has 4 N–H and O–H groups in total. The van der Waals surface area contributed by atoms with Crippen molar-refractivity contribution in [2.45, 2.75) is 62.7 Å². The molecule has 16 heteroatoms. The first kappa shape index (κ1) is 44.7. The Bertz CT molecular complexity index is 2500. The molecular formula is C50H50N8O8. The number of nitrogens with one attached hydrogen (secondary N) is 4. The minimum absolute atomic E-state index is 0.386. The van der Waals surface area contributed by atoms with Crippen LogP contribution >= 0.6 is 0 Å². The van der Waals surface area contributed by atoms with Crippen molar-refractivity contribution in [1.82, 2.24) is 40.4 Å². The molecule has 4 aromatic carbocycles. The van der Waals surface area contributed by atoms with Crippen LogP contribution in [0.15, 0.2) is 122 Å². The number of amides is 4. The fraction of sp³-hybridized carbons (Fsp3) is 0.280. The summed E-state index contributed by atoms with van der Waals surface area (Å²) in [5.74, 6) is -1.73. The van der Waals surface area contributed by atoms with Crippen LogP contribution in [0.25, 0.3) is 22.5 Å². The Hall–Kier alpha value is -7.88. The lowest BCUT2D eigenvalue weighted by Crippen LogP contribution is -2.44. The lowest BCUT2D eigenvalue weighted by atomic mass is 10.0. The topological polar surface area (TPSA) is 209 Å². The highest BCUT2D eigenvalue weighted by Gasteiger charge is 2.40. The van der Waals surface area contributed by atoms with Crippen LogP contribution in [0.3, 0.4) is 0 Å². The highest BCUT2D eigenvalue weighted by atomic mass is 16.5. The second-order valence-electron chi connectivity index (χ2n) is 16.3. The number of benzene rings is 4. The first-order chi connectivity index (χ1) is 32.1. The maximum absolute atomic E-state index is 13.7. The molecule has 2 aliphatic heterocycles. The van der Waals surface area contributed by atoms with Crippen LogP contribution in [0.1, 0.15) is 83.8 Å². The fourth-order valence-electron chi connectivity index (χ4n) is 8.66. The number of nitrogens with zero attached hydrogens (tertiary/aromatic N) is 4. The van der Waals surface area contributed by atoms with E-state index in [1.807, 2.05) is 24.3 Å². The maximum Gasteiger partial charge on any atom is 0.407 e. The van der Waals surface area contributed by atoms with Crippen LogP contribution in [-0.2, 0) is 41.5 Å². The third kappa shape index (κ3) is 9.92. The number of aryl methyl sites for hydroxylation is 2. The van der Waals surface area contributed by atoms with Crippen molar-refractivity contribution in [3.05, 3.63) is 155 Å². The normalized spacial score (nSPS) is 16.6. The molecule has 0 saturated carbocycles. The lowest BCUT2D eigenvalue weighted by Gasteiger charge is -2.25. The number of aromatic amines is 2. The van der Waals surface area contributed by atoms with E-state index in [0.29, 0.717) is 61.5 Å². The summed E-state index contributed by atoms with van der Waals surface area (Å²) in [6, 6.07) is 30.5. The van der Waals surface area contributed by atoms with Crippen molar-refractivity contribution in [1.29, 1.82) is 0 Å². The Morgan fingerprint density at radius 3 is 1.32 bits per heavy atom. The molecule has 66 heavy (non-hydrogen) atoms. The number of hydrogen-bond acceptors (Lipinski definition) is 10. The molecule has 0 unspecified atom stereocenters. The predicted octanol–water partition coefficient (Wildman–Crippen LogP) is 6.91. The molecule has 0 spiro atoms. The predicted molar refractivity (Wildman–Crippen MR) is 242 cm³/mol. The molecule has 0 bridgehead atoms. The van der Waals surface area contributed by atoms with Crippen molar-refractivity contribution in [2.75, 3.05) is 27.3 Å². The second kappa shape index (κ2) is 20.3. The number of likely N-dealkylation sites (tertiary alicyclic amines) is 2. The van der Waals surface area contributed by atoms with Gasteiger partial charge < -0.3 is 39.9 Å². The lowest BCUT2D eigenvalue weighted by molar-refractivity contribution is -0.146. The zero-order chi connectivity index (χ0) is 46.2. The Morgan fingerprint density at radius 2 is 0.955 bits per heavy atom. The number of alkyl carbamates (subject to hydrolysis) is 2. The van der Waals surface area contributed by atoms with E-state index in [0.717, 1.165) is 46.5 Å². The number of carbonyl (C=O) groups excluding carboxylic acids is 6. The van der Waals surface area contributed by atoms with Gasteiger partial charge in [-0.3, -0.25) is 19.2 Å². The minimum atomic E-state index is -1.19. The molecule has 2 saturated heterocycles. The number of hydrogen-bond donors (Lipinski definition) is 4. The van der Waals surface area contributed by atoms with Gasteiger partial charge in [0.05, 0.1) is 50.1 Å². The van der Waals surface area contributed by atoms with Gasteiger partial charge in [-0.2, -0.15) is 0 Å². The summed E-state index contributed by atoms with van der Waals surface area (Å²) in [6.45, 7) is 0.771. The Morgan fingerprint density at radius 1 is 0.576 bits per heavy atom. The SMILES string of the molecule is COC(=O)N[C@H](C(=O)C(=O)N1CCC[C@H]1c1ncc(-c2ccc(CCc3ccc(-c4cnc([C@@H]5CCCN5C(=O)C(=O)[C@@H](NC(=O)OC)c5ccccc5)[nH]4)cc3)cc2)[nH]1)c1ccccc1. The van der Waals surface area contributed by atoms with Gasteiger partial charge in [-0.15, -0.1) is 0 Å². The quantitative estimate of drug-likeness (QED) is 0.0783. The van der Waals surface area contributed by atoms with E-state index in [9.17, 15) is 28.8 Å². The number of H-pyrrole nitrogens is 2. The van der Waals surface area contributed by atoms with Crippen molar-refractivity contribution in [3.8, 4) is 22.5 Å². The van der Waals surface area contributed by atoms with Gasteiger partial charge in [0.25, 0.3) is 11.8 Å². The maximum atomic E-state index is 13.7. The van der Waals surface area contributed by atoms with Crippen LogP contribution in [0, 0.1) is 0 Å². The van der Waals surface area contributed by atoms with Crippen LogP contribution < -0.4 is 10.6 Å². The van der Waals surface area contributed by atoms with Crippen LogP contribution in [0.2, 0.25) is 0 Å². The zero-order valence-electron chi connectivity index (χ0n) is 36.6. The van der Waals surface area contributed by atoms with E-state index in [-0.39, 0.29) is 0 Å². The molecule has 338 valence electrons. The third-order valence-electron chi connectivity index (χ3n) is 12.2. The van der Waals surface area contributed by atoms with Gasteiger partial charge in [0.1, 0.15) is 23.7 Å². The second-order valence-corrected chi connectivity index (χ2v) is 16.3. The van der Waals surface area contributed by atoms with Gasteiger partial charge in [0, 0.05) is 13.1 Å². The van der Waals surface area contributed by atoms with Crippen LogP contribution in [0.5, 0.6) is 0 Å². The Balaban J connectivity index is 0.859. The molecular weight excluding hydrogens is 841 g/mol. The van der Waals surface area contributed by atoms with Gasteiger partial charge in [-0.25, -0.2) is 19.6 Å². The number of methoxy groups -OCH3 is 2. The molecule has 4 heterocycles. The first-order valence-electron chi connectivity index (χ1n) is 21.9. The highest BCUT2D eigenvalue weighted by molar-refractivity contribution is 6.39. The smallest absolute Gasteiger partial charge is 0.407 e. The van der Waals surface area contributed by atoms with Crippen molar-refractivity contribution in [3.63, 3.8) is 0 Å². The van der Waals surface area contributed by atoms with Crippen LogP contribution in [0.4, 0.5) is 9.59 Å². The molecule has 6 aromatic rings. The van der Waals surface area contributed by atoms with Crippen molar-refractivity contribution < 1.29 is 38.2 Å². The monoisotopic (exact) mass is 890 g/mol. The van der Waals surface area contributed by atoms with Gasteiger partial charge in [0.15, 0.2) is 0 Å². The van der Waals surface area contributed by atoms with E-state index in [1.54, 1.807) is 73.1 Å². The number of aromatic nitrogens is 4. The van der Waals surface area contributed by atoms with Crippen LogP contribution in [-0.4, -0.2) is 92.6 Å². The summed E-state index contributed by atoms with van der Waals surface area (Å²) in [5.41, 5.74) is 6.72. The van der Waals surface area contributed by atoms with E-state index in [4.69, 9.17) is 9.47 Å². The average Bonchev–Trinajstić information content (AvgIpc) is 4.22. The highest BCUT2D eigenvalue weighted by Crippen LogP contribution is 2.34.